The first kappa shape index (κ1) is 11.5. The summed E-state index contributed by atoms with van der Waals surface area (Å²) in [5.41, 5.74) is 6.40. The third-order valence-electron chi connectivity index (χ3n) is 2.34. The summed E-state index contributed by atoms with van der Waals surface area (Å²) in [4.78, 5) is 3.89. The fraction of sp³-hybridized carbons (Fsp3) is 0.154. The monoisotopic (exact) mass is 232 g/mol. The maximum atomic E-state index is 13.7. The number of hydrogen-bond donors (Lipinski definition) is 1. The Kier molecular flexibility index (Phi) is 3.35. The number of nitrogens with two attached hydrogens (primary N) is 1. The molecule has 0 aliphatic rings. The standard InChI is InChI=1S/C13H13FN2O/c1-9(15)10-4-5-13(12(14)7-10)17-11-3-2-6-16-8-11/h2-9H,15H2,1H3/t9-/m0/s1. The van der Waals surface area contributed by atoms with Gasteiger partial charge in [0, 0.05) is 12.2 Å². The molecule has 4 heteroatoms. The van der Waals surface area contributed by atoms with Crippen molar-refractivity contribution in [3.63, 3.8) is 0 Å². The minimum atomic E-state index is -0.427. The topological polar surface area (TPSA) is 48.1 Å². The van der Waals surface area contributed by atoms with Crippen molar-refractivity contribution in [3.05, 3.63) is 54.1 Å². The second-order valence-corrected chi connectivity index (χ2v) is 3.77. The Bertz CT molecular complexity index is 500. The summed E-state index contributed by atoms with van der Waals surface area (Å²) in [5, 5.41) is 0. The molecule has 1 aromatic carbocycles. The zero-order chi connectivity index (χ0) is 12.3. The molecule has 0 amide bonds. The van der Waals surface area contributed by atoms with E-state index in [-0.39, 0.29) is 11.8 Å². The molecular weight excluding hydrogens is 219 g/mol. The molecule has 0 saturated carbocycles. The van der Waals surface area contributed by atoms with Crippen LogP contribution in [-0.2, 0) is 0 Å². The number of ether oxygens (including phenoxy) is 1. The molecule has 1 atom stereocenters. The molecule has 2 rings (SSSR count). The number of pyridine rings is 1. The Labute approximate surface area is 99.1 Å². The number of rotatable bonds is 3. The van der Waals surface area contributed by atoms with Crippen LogP contribution in [0.25, 0.3) is 0 Å². The van der Waals surface area contributed by atoms with Crippen molar-refractivity contribution >= 4 is 0 Å². The Hall–Kier alpha value is -1.94. The summed E-state index contributed by atoms with van der Waals surface area (Å²) in [7, 11) is 0. The van der Waals surface area contributed by atoms with Gasteiger partial charge >= 0.3 is 0 Å². The SMILES string of the molecule is C[C@H](N)c1ccc(Oc2cccnc2)c(F)c1. The van der Waals surface area contributed by atoms with Crippen LogP contribution in [-0.4, -0.2) is 4.98 Å². The maximum absolute atomic E-state index is 13.7. The van der Waals surface area contributed by atoms with Gasteiger partial charge < -0.3 is 10.5 Å². The highest BCUT2D eigenvalue weighted by atomic mass is 19.1. The van der Waals surface area contributed by atoms with Crippen LogP contribution in [0.4, 0.5) is 4.39 Å². The molecule has 2 aromatic rings. The fourth-order valence-corrected chi connectivity index (χ4v) is 1.42. The first-order chi connectivity index (χ1) is 8.16. The van der Waals surface area contributed by atoms with Gasteiger partial charge in [0.2, 0.25) is 0 Å². The molecule has 0 spiro atoms. The van der Waals surface area contributed by atoms with E-state index in [0.717, 1.165) is 5.56 Å². The van der Waals surface area contributed by atoms with Gasteiger partial charge in [-0.2, -0.15) is 0 Å². The molecule has 0 unspecified atom stereocenters. The van der Waals surface area contributed by atoms with Crippen LogP contribution in [0.2, 0.25) is 0 Å². The molecule has 1 heterocycles. The summed E-state index contributed by atoms with van der Waals surface area (Å²) in [6, 6.07) is 7.95. The number of hydrogen-bond acceptors (Lipinski definition) is 3. The van der Waals surface area contributed by atoms with Gasteiger partial charge in [0.05, 0.1) is 6.20 Å². The second-order valence-electron chi connectivity index (χ2n) is 3.77. The van der Waals surface area contributed by atoms with E-state index in [1.165, 1.54) is 12.3 Å². The van der Waals surface area contributed by atoms with E-state index >= 15 is 0 Å². The van der Waals surface area contributed by atoms with Crippen LogP contribution >= 0.6 is 0 Å². The van der Waals surface area contributed by atoms with Crippen LogP contribution < -0.4 is 10.5 Å². The maximum Gasteiger partial charge on any atom is 0.166 e. The van der Waals surface area contributed by atoms with Gasteiger partial charge in [-0.15, -0.1) is 0 Å². The average molecular weight is 232 g/mol. The van der Waals surface area contributed by atoms with E-state index < -0.39 is 5.82 Å². The third kappa shape index (κ3) is 2.79. The second kappa shape index (κ2) is 4.93. The van der Waals surface area contributed by atoms with Gasteiger partial charge in [-0.25, -0.2) is 4.39 Å². The molecule has 0 radical (unpaired) electrons. The molecule has 0 fully saturated rings. The molecule has 2 N–H and O–H groups in total. The van der Waals surface area contributed by atoms with Crippen molar-refractivity contribution in [1.82, 2.24) is 4.98 Å². The van der Waals surface area contributed by atoms with Crippen molar-refractivity contribution in [3.8, 4) is 11.5 Å². The predicted molar refractivity (Wildman–Crippen MR) is 63.3 cm³/mol. The highest BCUT2D eigenvalue weighted by molar-refractivity contribution is 5.34. The number of nitrogens with zero attached hydrogens (tertiary/aromatic N) is 1. The fourth-order valence-electron chi connectivity index (χ4n) is 1.42. The number of halogens is 1. The molecule has 0 aliphatic carbocycles. The van der Waals surface area contributed by atoms with E-state index in [0.29, 0.717) is 5.75 Å². The molecule has 88 valence electrons. The highest BCUT2D eigenvalue weighted by Crippen LogP contribution is 2.25. The van der Waals surface area contributed by atoms with Crippen LogP contribution in [0.15, 0.2) is 42.7 Å². The van der Waals surface area contributed by atoms with Gasteiger partial charge in [0.15, 0.2) is 11.6 Å². The lowest BCUT2D eigenvalue weighted by Crippen LogP contribution is -2.05. The normalized spacial score (nSPS) is 12.2. The molecule has 17 heavy (non-hydrogen) atoms. The van der Waals surface area contributed by atoms with Crippen molar-refractivity contribution in [1.29, 1.82) is 0 Å². The average Bonchev–Trinajstić information content (AvgIpc) is 2.33. The molecule has 0 bridgehead atoms. The van der Waals surface area contributed by atoms with E-state index in [4.69, 9.17) is 10.5 Å². The lowest BCUT2D eigenvalue weighted by molar-refractivity contribution is 0.439. The zero-order valence-corrected chi connectivity index (χ0v) is 9.43. The first-order valence-corrected chi connectivity index (χ1v) is 5.30. The van der Waals surface area contributed by atoms with Crippen molar-refractivity contribution in [2.75, 3.05) is 0 Å². The van der Waals surface area contributed by atoms with Crippen LogP contribution in [0.3, 0.4) is 0 Å². The Morgan fingerprint density at radius 3 is 2.76 bits per heavy atom. The number of aromatic nitrogens is 1. The Balaban J connectivity index is 2.23. The molecule has 0 saturated heterocycles. The lowest BCUT2D eigenvalue weighted by atomic mass is 10.1. The summed E-state index contributed by atoms with van der Waals surface area (Å²) < 4.78 is 19.1. The third-order valence-corrected chi connectivity index (χ3v) is 2.34. The van der Waals surface area contributed by atoms with Crippen LogP contribution in [0.1, 0.15) is 18.5 Å². The van der Waals surface area contributed by atoms with E-state index in [9.17, 15) is 4.39 Å². The van der Waals surface area contributed by atoms with Gasteiger partial charge in [-0.1, -0.05) is 6.07 Å². The molecule has 1 aromatic heterocycles. The van der Waals surface area contributed by atoms with Crippen LogP contribution in [0.5, 0.6) is 11.5 Å². The van der Waals surface area contributed by atoms with Gasteiger partial charge in [-0.05, 0) is 36.8 Å². The summed E-state index contributed by atoms with van der Waals surface area (Å²) in [6.45, 7) is 1.80. The molecule has 3 nitrogen and oxygen atoms in total. The lowest BCUT2D eigenvalue weighted by Gasteiger charge is -2.09. The van der Waals surface area contributed by atoms with Crippen molar-refractivity contribution < 1.29 is 9.13 Å². The summed E-state index contributed by atoms with van der Waals surface area (Å²) >= 11 is 0. The predicted octanol–water partition coefficient (Wildman–Crippen LogP) is 3.03. The number of benzene rings is 1. The van der Waals surface area contributed by atoms with Crippen LogP contribution in [0, 0.1) is 5.82 Å². The largest absolute Gasteiger partial charge is 0.453 e. The van der Waals surface area contributed by atoms with Crippen molar-refractivity contribution in [2.45, 2.75) is 13.0 Å². The summed E-state index contributed by atoms with van der Waals surface area (Å²) in [5.74, 6) is 0.242. The minimum Gasteiger partial charge on any atom is -0.453 e. The molecular formula is C13H13FN2O. The van der Waals surface area contributed by atoms with E-state index in [1.807, 2.05) is 0 Å². The Morgan fingerprint density at radius 2 is 2.18 bits per heavy atom. The minimum absolute atomic E-state index is 0.169. The van der Waals surface area contributed by atoms with Gasteiger partial charge in [-0.3, -0.25) is 4.98 Å². The summed E-state index contributed by atoms with van der Waals surface area (Å²) in [6.07, 6.45) is 3.15. The quantitative estimate of drug-likeness (QED) is 0.884. The molecule has 0 aliphatic heterocycles. The zero-order valence-electron chi connectivity index (χ0n) is 9.43. The Morgan fingerprint density at radius 1 is 1.35 bits per heavy atom. The van der Waals surface area contributed by atoms with Crippen molar-refractivity contribution in [2.24, 2.45) is 5.73 Å². The highest BCUT2D eigenvalue weighted by Gasteiger charge is 2.08. The first-order valence-electron chi connectivity index (χ1n) is 5.30. The van der Waals surface area contributed by atoms with Gasteiger partial charge in [0.1, 0.15) is 5.75 Å². The van der Waals surface area contributed by atoms with E-state index in [2.05, 4.69) is 4.98 Å². The van der Waals surface area contributed by atoms with E-state index in [1.54, 1.807) is 37.4 Å². The van der Waals surface area contributed by atoms with Gasteiger partial charge in [0.25, 0.3) is 0 Å². The smallest absolute Gasteiger partial charge is 0.166 e.